The molecule has 1 aromatic rings. The number of rotatable bonds is 1. The molecule has 102 valence electrons. The van der Waals surface area contributed by atoms with Gasteiger partial charge in [-0.3, -0.25) is 4.79 Å². The third-order valence-corrected chi connectivity index (χ3v) is 3.65. The molecule has 1 aromatic heterocycles. The SMILES string of the molecule is CNC(=O)c1ccc2c(n1)OCC[C@@H]1CNCCN21. The molecule has 1 fully saturated rings. The van der Waals surface area contributed by atoms with Gasteiger partial charge in [-0.05, 0) is 12.1 Å². The van der Waals surface area contributed by atoms with Crippen molar-refractivity contribution in [3.63, 3.8) is 0 Å². The Morgan fingerprint density at radius 2 is 2.47 bits per heavy atom. The predicted molar refractivity (Wildman–Crippen MR) is 71.7 cm³/mol. The van der Waals surface area contributed by atoms with Crippen LogP contribution < -0.4 is 20.3 Å². The fourth-order valence-electron chi connectivity index (χ4n) is 2.64. The molecule has 19 heavy (non-hydrogen) atoms. The average Bonchev–Trinajstić information content (AvgIpc) is 2.65. The second kappa shape index (κ2) is 5.05. The number of fused-ring (bicyclic) bond motifs is 3. The molecule has 2 aliphatic rings. The molecule has 0 aliphatic carbocycles. The summed E-state index contributed by atoms with van der Waals surface area (Å²) < 4.78 is 5.72. The number of piperazine rings is 1. The lowest BCUT2D eigenvalue weighted by molar-refractivity contribution is 0.0957. The van der Waals surface area contributed by atoms with Crippen LogP contribution in [0.2, 0.25) is 0 Å². The lowest BCUT2D eigenvalue weighted by atomic mass is 10.1. The minimum Gasteiger partial charge on any atom is -0.476 e. The Kier molecular flexibility index (Phi) is 3.25. The van der Waals surface area contributed by atoms with Gasteiger partial charge in [0, 0.05) is 39.1 Å². The van der Waals surface area contributed by atoms with Crippen molar-refractivity contribution in [3.8, 4) is 5.88 Å². The number of ether oxygens (including phenoxy) is 1. The van der Waals surface area contributed by atoms with E-state index in [9.17, 15) is 4.79 Å². The Bertz CT molecular complexity index is 492. The highest BCUT2D eigenvalue weighted by atomic mass is 16.5. The summed E-state index contributed by atoms with van der Waals surface area (Å²) in [6, 6.07) is 4.14. The highest BCUT2D eigenvalue weighted by Gasteiger charge is 2.28. The fraction of sp³-hybridized carbons (Fsp3) is 0.538. The highest BCUT2D eigenvalue weighted by molar-refractivity contribution is 5.92. The van der Waals surface area contributed by atoms with Gasteiger partial charge in [-0.2, -0.15) is 0 Å². The minimum absolute atomic E-state index is 0.187. The number of aromatic nitrogens is 1. The molecular weight excluding hydrogens is 244 g/mol. The molecule has 0 saturated carbocycles. The van der Waals surface area contributed by atoms with E-state index in [0.717, 1.165) is 31.7 Å². The van der Waals surface area contributed by atoms with Gasteiger partial charge in [0.15, 0.2) is 0 Å². The molecule has 3 heterocycles. The van der Waals surface area contributed by atoms with Crippen LogP contribution in [0.25, 0.3) is 0 Å². The number of hydrogen-bond donors (Lipinski definition) is 2. The van der Waals surface area contributed by atoms with Crippen molar-refractivity contribution in [3.05, 3.63) is 17.8 Å². The predicted octanol–water partition coefficient (Wildman–Crippen LogP) is 0.00190. The number of carbonyl (C=O) groups is 1. The van der Waals surface area contributed by atoms with Crippen molar-refractivity contribution in [1.82, 2.24) is 15.6 Å². The van der Waals surface area contributed by atoms with Crippen LogP contribution in [0.4, 0.5) is 5.69 Å². The molecule has 2 N–H and O–H groups in total. The quantitative estimate of drug-likeness (QED) is 0.746. The molecule has 0 radical (unpaired) electrons. The maximum atomic E-state index is 11.6. The van der Waals surface area contributed by atoms with Crippen LogP contribution >= 0.6 is 0 Å². The zero-order valence-electron chi connectivity index (χ0n) is 11.0. The lowest BCUT2D eigenvalue weighted by Crippen LogP contribution is -2.51. The van der Waals surface area contributed by atoms with E-state index in [2.05, 4.69) is 20.5 Å². The Labute approximate surface area is 112 Å². The molecule has 0 spiro atoms. The Morgan fingerprint density at radius 3 is 3.32 bits per heavy atom. The number of pyridine rings is 1. The first kappa shape index (κ1) is 12.2. The average molecular weight is 262 g/mol. The van der Waals surface area contributed by atoms with Crippen LogP contribution in [0.15, 0.2) is 12.1 Å². The summed E-state index contributed by atoms with van der Waals surface area (Å²) in [6.45, 7) is 3.52. The van der Waals surface area contributed by atoms with E-state index in [-0.39, 0.29) is 5.91 Å². The summed E-state index contributed by atoms with van der Waals surface area (Å²) in [5.74, 6) is 0.387. The van der Waals surface area contributed by atoms with Crippen LogP contribution in [0.1, 0.15) is 16.9 Å². The second-order valence-corrected chi connectivity index (χ2v) is 4.79. The number of nitrogens with one attached hydrogen (secondary N) is 2. The summed E-state index contributed by atoms with van der Waals surface area (Å²) in [4.78, 5) is 18.3. The molecule has 1 amide bonds. The van der Waals surface area contributed by atoms with Gasteiger partial charge in [-0.25, -0.2) is 4.98 Å². The smallest absolute Gasteiger partial charge is 0.269 e. The molecule has 1 saturated heterocycles. The van der Waals surface area contributed by atoms with Gasteiger partial charge in [0.2, 0.25) is 5.88 Å². The van der Waals surface area contributed by atoms with Gasteiger partial charge >= 0.3 is 0 Å². The Hall–Kier alpha value is -1.82. The van der Waals surface area contributed by atoms with Gasteiger partial charge in [0.1, 0.15) is 11.4 Å². The first-order valence-electron chi connectivity index (χ1n) is 6.63. The maximum Gasteiger partial charge on any atom is 0.269 e. The third kappa shape index (κ3) is 2.23. The van der Waals surface area contributed by atoms with E-state index < -0.39 is 0 Å². The number of carbonyl (C=O) groups excluding carboxylic acids is 1. The molecule has 6 heteroatoms. The van der Waals surface area contributed by atoms with Gasteiger partial charge < -0.3 is 20.3 Å². The fourth-order valence-corrected chi connectivity index (χ4v) is 2.64. The molecule has 2 aliphatic heterocycles. The largest absolute Gasteiger partial charge is 0.476 e. The molecule has 0 aromatic carbocycles. The molecule has 3 rings (SSSR count). The monoisotopic (exact) mass is 262 g/mol. The molecule has 0 bridgehead atoms. The summed E-state index contributed by atoms with van der Waals surface area (Å²) in [7, 11) is 1.60. The van der Waals surface area contributed by atoms with Gasteiger partial charge in [0.05, 0.1) is 6.61 Å². The summed E-state index contributed by atoms with van der Waals surface area (Å²) in [5.41, 5.74) is 1.39. The van der Waals surface area contributed by atoms with E-state index in [0.29, 0.717) is 24.2 Å². The highest BCUT2D eigenvalue weighted by Crippen LogP contribution is 2.32. The van der Waals surface area contributed by atoms with E-state index in [1.807, 2.05) is 6.07 Å². The van der Waals surface area contributed by atoms with Crippen molar-refractivity contribution in [2.75, 3.05) is 38.2 Å². The van der Waals surface area contributed by atoms with Crippen molar-refractivity contribution >= 4 is 11.6 Å². The topological polar surface area (TPSA) is 66.5 Å². The minimum atomic E-state index is -0.187. The first-order valence-corrected chi connectivity index (χ1v) is 6.63. The van der Waals surface area contributed by atoms with Crippen LogP contribution in [-0.4, -0.2) is 50.2 Å². The zero-order valence-corrected chi connectivity index (χ0v) is 11.0. The van der Waals surface area contributed by atoms with E-state index in [1.54, 1.807) is 13.1 Å². The first-order chi connectivity index (χ1) is 9.29. The van der Waals surface area contributed by atoms with E-state index >= 15 is 0 Å². The van der Waals surface area contributed by atoms with Gasteiger partial charge in [0.25, 0.3) is 5.91 Å². The summed E-state index contributed by atoms with van der Waals surface area (Å²) >= 11 is 0. The Morgan fingerprint density at radius 1 is 1.58 bits per heavy atom. The standard InChI is InChI=1S/C13H18N4O2/c1-14-12(18)10-2-3-11-13(16-10)19-7-4-9-8-15-5-6-17(9)11/h2-3,9,15H,4-8H2,1H3,(H,14,18)/t9-/m1/s1. The van der Waals surface area contributed by atoms with Gasteiger partial charge in [-0.15, -0.1) is 0 Å². The molecular formula is C13H18N4O2. The van der Waals surface area contributed by atoms with Crippen molar-refractivity contribution < 1.29 is 9.53 Å². The van der Waals surface area contributed by atoms with E-state index in [4.69, 9.17) is 4.74 Å². The number of nitrogens with zero attached hydrogens (tertiary/aromatic N) is 2. The van der Waals surface area contributed by atoms with Crippen LogP contribution in [0, 0.1) is 0 Å². The number of hydrogen-bond acceptors (Lipinski definition) is 5. The lowest BCUT2D eigenvalue weighted by Gasteiger charge is -2.36. The van der Waals surface area contributed by atoms with Crippen LogP contribution in [0.5, 0.6) is 5.88 Å². The normalized spacial score (nSPS) is 21.7. The summed E-state index contributed by atoms with van der Waals surface area (Å²) in [5, 5.41) is 5.98. The molecule has 0 unspecified atom stereocenters. The Balaban J connectivity index is 1.96. The number of amides is 1. The zero-order chi connectivity index (χ0) is 13.2. The molecule has 6 nitrogen and oxygen atoms in total. The van der Waals surface area contributed by atoms with Crippen molar-refractivity contribution in [2.45, 2.75) is 12.5 Å². The summed E-state index contributed by atoms with van der Waals surface area (Å²) in [6.07, 6.45) is 0.971. The number of anilines is 1. The van der Waals surface area contributed by atoms with Crippen molar-refractivity contribution in [2.24, 2.45) is 0 Å². The van der Waals surface area contributed by atoms with E-state index in [1.165, 1.54) is 0 Å². The second-order valence-electron chi connectivity index (χ2n) is 4.79. The third-order valence-electron chi connectivity index (χ3n) is 3.65. The van der Waals surface area contributed by atoms with Crippen LogP contribution in [-0.2, 0) is 0 Å². The molecule has 1 atom stereocenters. The van der Waals surface area contributed by atoms with Crippen molar-refractivity contribution in [1.29, 1.82) is 0 Å². The van der Waals surface area contributed by atoms with Gasteiger partial charge in [-0.1, -0.05) is 0 Å². The maximum absolute atomic E-state index is 11.6. The van der Waals surface area contributed by atoms with Crippen LogP contribution in [0.3, 0.4) is 0 Å².